The number of nitrogens with zero attached hydrogens (tertiary/aromatic N) is 2. The molecule has 0 aromatic rings. The van der Waals surface area contributed by atoms with Crippen LogP contribution in [0.3, 0.4) is 0 Å². The zero-order valence-corrected chi connectivity index (χ0v) is 20.7. The van der Waals surface area contributed by atoms with Gasteiger partial charge in [0.2, 0.25) is 0 Å². The number of halogens is 6. The number of hydrogen-bond acceptors (Lipinski definition) is 4. The van der Waals surface area contributed by atoms with E-state index in [1.54, 1.807) is 0 Å². The molecule has 1 amide bonds. The number of hydrogen-bond donors (Lipinski definition) is 1. The molecule has 0 aromatic carbocycles. The maximum atomic E-state index is 11.4. The molecule has 0 bridgehead atoms. The van der Waals surface area contributed by atoms with E-state index in [0.29, 0.717) is 11.0 Å². The standard InChI is InChI=1S/C16H35N2.C3HF6NO3S/c1-9-15(7)16(10-2,11-3)14(6)18(12-4,13-5)17(15)8;4-2(5,6)1(11)10-14(12,13)3(7,8)9/h14H,9-13H2,1-8H3;(H,10,11)/q+1;. The smallest absolute Gasteiger partial charge is 0.263 e. The summed E-state index contributed by atoms with van der Waals surface area (Å²) >= 11 is 0. The molecule has 1 heterocycles. The summed E-state index contributed by atoms with van der Waals surface area (Å²) in [5, 5.41) is 2.70. The van der Waals surface area contributed by atoms with Crippen molar-refractivity contribution in [2.45, 2.75) is 91.0 Å². The van der Waals surface area contributed by atoms with Crippen LogP contribution in [0.2, 0.25) is 0 Å². The van der Waals surface area contributed by atoms with E-state index in [1.165, 1.54) is 32.4 Å². The van der Waals surface area contributed by atoms with Gasteiger partial charge in [-0.25, -0.2) is 9.31 Å². The minimum Gasteiger partial charge on any atom is -0.263 e. The highest BCUT2D eigenvalue weighted by molar-refractivity contribution is 7.90. The SMILES string of the molecule is CCC1(CC)C(C)[N+](CC)(CC)N(C)C1(C)CC.O=C(NS(=O)(=O)C(F)(F)F)C(F)(F)F. The number of amides is 1. The van der Waals surface area contributed by atoms with Crippen LogP contribution in [-0.2, 0) is 14.8 Å². The van der Waals surface area contributed by atoms with Gasteiger partial charge in [0, 0.05) is 12.5 Å². The summed E-state index contributed by atoms with van der Waals surface area (Å²) in [7, 11) is -3.94. The Morgan fingerprint density at radius 2 is 1.38 bits per heavy atom. The molecule has 2 atom stereocenters. The highest BCUT2D eigenvalue weighted by Gasteiger charge is 2.67. The van der Waals surface area contributed by atoms with Crippen molar-refractivity contribution in [2.75, 3.05) is 20.1 Å². The molecule has 0 aliphatic carbocycles. The molecule has 1 saturated heterocycles. The van der Waals surface area contributed by atoms with Crippen LogP contribution in [-0.4, -0.2) is 67.3 Å². The zero-order valence-electron chi connectivity index (χ0n) is 19.9. The predicted molar refractivity (Wildman–Crippen MR) is 109 cm³/mol. The van der Waals surface area contributed by atoms with Gasteiger partial charge in [-0.1, -0.05) is 20.8 Å². The van der Waals surface area contributed by atoms with Crippen molar-refractivity contribution in [3.63, 3.8) is 0 Å². The van der Waals surface area contributed by atoms with Crippen molar-refractivity contribution in [1.82, 2.24) is 9.73 Å². The second-order valence-corrected chi connectivity index (χ2v) is 9.86. The van der Waals surface area contributed by atoms with Crippen molar-refractivity contribution < 1.29 is 44.1 Å². The fraction of sp³-hybridized carbons (Fsp3) is 0.947. The number of sulfonamides is 1. The summed E-state index contributed by atoms with van der Waals surface area (Å²) in [6, 6.07) is 0.720. The van der Waals surface area contributed by atoms with E-state index in [-0.39, 0.29) is 4.72 Å². The Morgan fingerprint density at radius 1 is 0.969 bits per heavy atom. The molecule has 1 aliphatic heterocycles. The highest BCUT2D eigenvalue weighted by Crippen LogP contribution is 2.57. The summed E-state index contributed by atoms with van der Waals surface area (Å²) in [6.45, 7) is 19.3. The van der Waals surface area contributed by atoms with Crippen molar-refractivity contribution in [1.29, 1.82) is 0 Å². The van der Waals surface area contributed by atoms with Crippen LogP contribution in [0.1, 0.15) is 67.7 Å². The summed E-state index contributed by atoms with van der Waals surface area (Å²) in [5.41, 5.74) is -5.20. The van der Waals surface area contributed by atoms with Gasteiger partial charge in [-0.2, -0.15) is 39.8 Å². The molecule has 1 fully saturated rings. The summed E-state index contributed by atoms with van der Waals surface area (Å²) < 4.78 is 89.1. The maximum absolute atomic E-state index is 11.4. The number of rotatable bonds is 6. The Balaban J connectivity index is 0.000000622. The van der Waals surface area contributed by atoms with Crippen LogP contribution in [0.5, 0.6) is 0 Å². The van der Waals surface area contributed by atoms with Gasteiger partial charge in [0.15, 0.2) is 0 Å². The molecule has 32 heavy (non-hydrogen) atoms. The zero-order chi connectivity index (χ0) is 26.0. The van der Waals surface area contributed by atoms with Crippen molar-refractivity contribution in [2.24, 2.45) is 5.41 Å². The molecule has 6 nitrogen and oxygen atoms in total. The van der Waals surface area contributed by atoms with Gasteiger partial charge in [0.25, 0.3) is 0 Å². The van der Waals surface area contributed by atoms with E-state index in [0.717, 1.165) is 10.6 Å². The number of carbonyl (C=O) groups is 1. The first kappa shape index (κ1) is 30.9. The topological polar surface area (TPSA) is 66.5 Å². The average molecular weight is 501 g/mol. The molecule has 13 heteroatoms. The molecule has 0 saturated carbocycles. The first-order chi connectivity index (χ1) is 14.2. The third kappa shape index (κ3) is 5.03. The number of carbonyl (C=O) groups excluding carboxylic acids is 1. The third-order valence-corrected chi connectivity index (χ3v) is 8.80. The van der Waals surface area contributed by atoms with E-state index < -0.39 is 27.6 Å². The van der Waals surface area contributed by atoms with Crippen LogP contribution in [0.15, 0.2) is 0 Å². The summed E-state index contributed by atoms with van der Waals surface area (Å²) in [6.07, 6.45) is -1.87. The highest BCUT2D eigenvalue weighted by atomic mass is 32.2. The van der Waals surface area contributed by atoms with Gasteiger partial charge < -0.3 is 0 Å². The molecule has 1 aliphatic rings. The normalized spacial score (nSPS) is 25.8. The number of nitrogens with one attached hydrogen (secondary N) is 1. The van der Waals surface area contributed by atoms with Gasteiger partial charge in [-0.05, 0) is 47.0 Å². The molecule has 2 unspecified atom stereocenters. The molecular weight excluding hydrogens is 464 g/mol. The minimum atomic E-state index is -6.30. The quantitative estimate of drug-likeness (QED) is 0.428. The molecule has 0 radical (unpaired) electrons. The average Bonchev–Trinajstić information content (AvgIpc) is 2.82. The third-order valence-electron chi connectivity index (χ3n) is 7.74. The Kier molecular flexibility index (Phi) is 9.70. The van der Waals surface area contributed by atoms with E-state index in [9.17, 15) is 39.6 Å². The second-order valence-electron chi connectivity index (χ2n) is 8.19. The van der Waals surface area contributed by atoms with Crippen molar-refractivity contribution in [3.05, 3.63) is 0 Å². The van der Waals surface area contributed by atoms with E-state index >= 15 is 0 Å². The van der Waals surface area contributed by atoms with E-state index in [4.69, 9.17) is 0 Å². The minimum absolute atomic E-state index is 0.181. The Labute approximate surface area is 186 Å². The molecule has 1 N–H and O–H groups in total. The second kappa shape index (κ2) is 10.0. The van der Waals surface area contributed by atoms with Crippen LogP contribution in [0, 0.1) is 5.41 Å². The maximum Gasteiger partial charge on any atom is 0.516 e. The Hall–Kier alpha value is -1.08. The molecule has 0 aromatic heterocycles. The summed E-state index contributed by atoms with van der Waals surface area (Å²) in [4.78, 5) is 9.81. The fourth-order valence-corrected chi connectivity index (χ4v) is 6.02. The van der Waals surface area contributed by atoms with Crippen LogP contribution >= 0.6 is 0 Å². The largest absolute Gasteiger partial charge is 0.516 e. The Bertz CT molecular complexity index is 746. The van der Waals surface area contributed by atoms with Gasteiger partial charge in [0.1, 0.15) is 6.04 Å². The first-order valence-electron chi connectivity index (χ1n) is 10.6. The molecular formula is C19H36F6N3O3S+. The van der Waals surface area contributed by atoms with Crippen molar-refractivity contribution >= 4 is 15.9 Å². The van der Waals surface area contributed by atoms with E-state index in [2.05, 4.69) is 60.5 Å². The monoisotopic (exact) mass is 500 g/mol. The molecule has 192 valence electrons. The van der Waals surface area contributed by atoms with Gasteiger partial charge in [-0.3, -0.25) is 4.79 Å². The van der Waals surface area contributed by atoms with Crippen LogP contribution < -0.4 is 4.72 Å². The lowest BCUT2D eigenvalue weighted by Gasteiger charge is -2.44. The number of alkyl halides is 6. The number of quaternary nitrogens is 1. The predicted octanol–water partition coefficient (Wildman–Crippen LogP) is 4.58. The lowest BCUT2D eigenvalue weighted by molar-refractivity contribution is -1.04. The van der Waals surface area contributed by atoms with Crippen molar-refractivity contribution in [3.8, 4) is 0 Å². The fourth-order valence-electron chi connectivity index (χ4n) is 5.55. The molecule has 0 spiro atoms. The molecule has 1 rings (SSSR count). The Morgan fingerprint density at radius 3 is 1.59 bits per heavy atom. The first-order valence-corrected chi connectivity index (χ1v) is 12.0. The van der Waals surface area contributed by atoms with Gasteiger partial charge in [-0.15, -0.1) is 0 Å². The lowest BCUT2D eigenvalue weighted by Crippen LogP contribution is -2.61. The van der Waals surface area contributed by atoms with Gasteiger partial charge in [0.05, 0.1) is 18.6 Å². The van der Waals surface area contributed by atoms with E-state index in [1.807, 2.05) is 0 Å². The van der Waals surface area contributed by atoms with Gasteiger partial charge >= 0.3 is 27.6 Å². The summed E-state index contributed by atoms with van der Waals surface area (Å²) in [5.74, 6) is -3.20. The van der Waals surface area contributed by atoms with Crippen LogP contribution in [0.4, 0.5) is 26.3 Å². The van der Waals surface area contributed by atoms with Crippen LogP contribution in [0.25, 0.3) is 0 Å². The lowest BCUT2D eigenvalue weighted by atomic mass is 9.63.